The highest BCUT2D eigenvalue weighted by atomic mass is 16.4. The quantitative estimate of drug-likeness (QED) is 0.801. The molecule has 98 valence electrons. The number of hydrogen-bond acceptors (Lipinski definition) is 2. The van der Waals surface area contributed by atoms with E-state index >= 15 is 0 Å². The van der Waals surface area contributed by atoms with Crippen LogP contribution in [0.4, 0.5) is 5.69 Å². The van der Waals surface area contributed by atoms with Crippen LogP contribution in [0.3, 0.4) is 0 Å². The van der Waals surface area contributed by atoms with E-state index in [1.165, 1.54) is 19.3 Å². The molecule has 0 radical (unpaired) electrons. The van der Waals surface area contributed by atoms with E-state index in [0.717, 1.165) is 24.8 Å². The Morgan fingerprint density at radius 1 is 1.28 bits per heavy atom. The molecule has 0 bridgehead atoms. The summed E-state index contributed by atoms with van der Waals surface area (Å²) in [5.41, 5.74) is 7.27. The normalized spacial score (nSPS) is 18.4. The van der Waals surface area contributed by atoms with Gasteiger partial charge < -0.3 is 10.8 Å². The zero-order valence-corrected chi connectivity index (χ0v) is 10.6. The Bertz CT molecular complexity index is 411. The van der Waals surface area contributed by atoms with Crippen molar-refractivity contribution in [1.82, 2.24) is 0 Å². The van der Waals surface area contributed by atoms with Crippen LogP contribution in [0, 0.1) is 5.92 Å². The number of carboxylic acid groups (broad SMARTS) is 1. The molecule has 1 saturated carbocycles. The first-order valence-electron chi connectivity index (χ1n) is 6.75. The average molecular weight is 247 g/mol. The van der Waals surface area contributed by atoms with E-state index in [-0.39, 0.29) is 0 Å². The average Bonchev–Trinajstić information content (AvgIpc) is 2.38. The molecule has 1 unspecified atom stereocenters. The van der Waals surface area contributed by atoms with Crippen LogP contribution in [0.2, 0.25) is 0 Å². The van der Waals surface area contributed by atoms with Crippen LogP contribution in [0.15, 0.2) is 24.3 Å². The Morgan fingerprint density at radius 3 is 2.56 bits per heavy atom. The number of nitrogens with two attached hydrogens (primary N) is 1. The summed E-state index contributed by atoms with van der Waals surface area (Å²) in [6.45, 7) is 0. The van der Waals surface area contributed by atoms with Crippen molar-refractivity contribution in [2.45, 2.75) is 44.4 Å². The third-order valence-electron chi connectivity index (χ3n) is 3.96. The predicted molar refractivity (Wildman–Crippen MR) is 72.4 cm³/mol. The Morgan fingerprint density at radius 2 is 1.94 bits per heavy atom. The monoisotopic (exact) mass is 247 g/mol. The minimum Gasteiger partial charge on any atom is -0.481 e. The number of rotatable bonds is 4. The number of benzene rings is 1. The summed E-state index contributed by atoms with van der Waals surface area (Å²) in [5, 5.41) is 9.43. The number of hydrogen-bond donors (Lipinski definition) is 2. The van der Waals surface area contributed by atoms with Crippen LogP contribution in [-0.2, 0) is 4.79 Å². The summed E-state index contributed by atoms with van der Waals surface area (Å²) < 4.78 is 0. The standard InChI is InChI=1S/C15H21NO2/c16-14-9-5-4-8-12(14)13(15(17)18)10-11-6-2-1-3-7-11/h4-5,8-9,11,13H,1-3,6-7,10,16H2,(H,17,18). The smallest absolute Gasteiger partial charge is 0.311 e. The Hall–Kier alpha value is -1.51. The molecule has 3 heteroatoms. The molecule has 0 spiro atoms. The van der Waals surface area contributed by atoms with Crippen LogP contribution in [0.5, 0.6) is 0 Å². The van der Waals surface area contributed by atoms with Gasteiger partial charge in [-0.15, -0.1) is 0 Å². The Labute approximate surface area is 108 Å². The van der Waals surface area contributed by atoms with E-state index < -0.39 is 11.9 Å². The van der Waals surface area contributed by atoms with Crippen LogP contribution in [0.25, 0.3) is 0 Å². The second-order valence-corrected chi connectivity index (χ2v) is 5.26. The molecule has 1 aliphatic rings. The zero-order valence-electron chi connectivity index (χ0n) is 10.6. The molecule has 1 aliphatic carbocycles. The third kappa shape index (κ3) is 3.03. The molecule has 1 atom stereocenters. The van der Waals surface area contributed by atoms with Gasteiger partial charge in [-0.25, -0.2) is 0 Å². The first kappa shape index (κ1) is 12.9. The molecule has 1 aromatic carbocycles. The van der Waals surface area contributed by atoms with E-state index in [9.17, 15) is 9.90 Å². The summed E-state index contributed by atoms with van der Waals surface area (Å²) >= 11 is 0. The third-order valence-corrected chi connectivity index (χ3v) is 3.96. The van der Waals surface area contributed by atoms with Gasteiger partial charge in [-0.2, -0.15) is 0 Å². The van der Waals surface area contributed by atoms with Crippen LogP contribution in [0.1, 0.15) is 50.0 Å². The number of anilines is 1. The van der Waals surface area contributed by atoms with Gasteiger partial charge in [0.15, 0.2) is 0 Å². The Kier molecular flexibility index (Phi) is 4.24. The van der Waals surface area contributed by atoms with Gasteiger partial charge in [-0.1, -0.05) is 50.3 Å². The van der Waals surface area contributed by atoms with Gasteiger partial charge in [0, 0.05) is 5.69 Å². The van der Waals surface area contributed by atoms with Crippen molar-refractivity contribution in [2.24, 2.45) is 5.92 Å². The van der Waals surface area contributed by atoms with Crippen molar-refractivity contribution in [2.75, 3.05) is 5.73 Å². The van der Waals surface area contributed by atoms with E-state index in [2.05, 4.69) is 0 Å². The molecule has 1 aromatic rings. The zero-order chi connectivity index (χ0) is 13.0. The lowest BCUT2D eigenvalue weighted by atomic mass is 9.80. The number of nitrogen functional groups attached to an aromatic ring is 1. The summed E-state index contributed by atoms with van der Waals surface area (Å²) in [4.78, 5) is 11.5. The van der Waals surface area contributed by atoms with Gasteiger partial charge in [-0.05, 0) is 24.0 Å². The SMILES string of the molecule is Nc1ccccc1C(CC1CCCCC1)C(=O)O. The first-order valence-corrected chi connectivity index (χ1v) is 6.75. The molecule has 0 aliphatic heterocycles. The lowest BCUT2D eigenvalue weighted by Gasteiger charge is -2.25. The minimum atomic E-state index is -0.751. The maximum atomic E-state index is 11.5. The van der Waals surface area contributed by atoms with Gasteiger partial charge >= 0.3 is 5.97 Å². The maximum absolute atomic E-state index is 11.5. The lowest BCUT2D eigenvalue weighted by molar-refractivity contribution is -0.139. The van der Waals surface area contributed by atoms with Crippen LogP contribution in [-0.4, -0.2) is 11.1 Å². The molecule has 1 fully saturated rings. The fourth-order valence-corrected chi connectivity index (χ4v) is 2.95. The second-order valence-electron chi connectivity index (χ2n) is 5.26. The van der Waals surface area contributed by atoms with Crippen molar-refractivity contribution in [3.63, 3.8) is 0 Å². The van der Waals surface area contributed by atoms with Crippen molar-refractivity contribution in [3.8, 4) is 0 Å². The van der Waals surface area contributed by atoms with E-state index in [0.29, 0.717) is 11.6 Å². The number of para-hydroxylation sites is 1. The maximum Gasteiger partial charge on any atom is 0.311 e. The first-order chi connectivity index (χ1) is 8.68. The number of aliphatic carboxylic acids is 1. The fraction of sp³-hybridized carbons (Fsp3) is 0.533. The summed E-state index contributed by atoms with van der Waals surface area (Å²) in [7, 11) is 0. The van der Waals surface area contributed by atoms with Crippen LogP contribution >= 0.6 is 0 Å². The predicted octanol–water partition coefficient (Wildman–Crippen LogP) is 3.41. The highest BCUT2D eigenvalue weighted by Crippen LogP contribution is 2.34. The van der Waals surface area contributed by atoms with Crippen molar-refractivity contribution in [3.05, 3.63) is 29.8 Å². The van der Waals surface area contributed by atoms with Crippen LogP contribution < -0.4 is 5.73 Å². The minimum absolute atomic E-state index is 0.450. The van der Waals surface area contributed by atoms with Gasteiger partial charge in [0.1, 0.15) is 0 Å². The number of carbonyl (C=O) groups is 1. The molecule has 3 N–H and O–H groups in total. The van der Waals surface area contributed by atoms with Crippen molar-refractivity contribution in [1.29, 1.82) is 0 Å². The summed E-state index contributed by atoms with van der Waals surface area (Å²) in [6.07, 6.45) is 6.82. The van der Waals surface area contributed by atoms with Crippen molar-refractivity contribution >= 4 is 11.7 Å². The van der Waals surface area contributed by atoms with E-state index in [4.69, 9.17) is 5.73 Å². The highest BCUT2D eigenvalue weighted by molar-refractivity contribution is 5.78. The van der Waals surface area contributed by atoms with Gasteiger partial charge in [0.2, 0.25) is 0 Å². The molecule has 18 heavy (non-hydrogen) atoms. The van der Waals surface area contributed by atoms with Gasteiger partial charge in [-0.3, -0.25) is 4.79 Å². The van der Waals surface area contributed by atoms with E-state index in [1.807, 2.05) is 18.2 Å². The molecule has 3 nitrogen and oxygen atoms in total. The molecule has 0 heterocycles. The lowest BCUT2D eigenvalue weighted by Crippen LogP contribution is -2.19. The summed E-state index contributed by atoms with van der Waals surface area (Å²) in [5.74, 6) is -0.660. The Balaban J connectivity index is 2.13. The topological polar surface area (TPSA) is 63.3 Å². The van der Waals surface area contributed by atoms with Crippen molar-refractivity contribution < 1.29 is 9.90 Å². The molecule has 0 saturated heterocycles. The fourth-order valence-electron chi connectivity index (χ4n) is 2.95. The largest absolute Gasteiger partial charge is 0.481 e. The van der Waals surface area contributed by atoms with Gasteiger partial charge in [0.05, 0.1) is 5.92 Å². The molecule has 2 rings (SSSR count). The molecule has 0 aromatic heterocycles. The molecular weight excluding hydrogens is 226 g/mol. The van der Waals surface area contributed by atoms with E-state index in [1.54, 1.807) is 6.07 Å². The van der Waals surface area contributed by atoms with Gasteiger partial charge in [0.25, 0.3) is 0 Å². The molecule has 0 amide bonds. The molecular formula is C15H21NO2. The second kappa shape index (κ2) is 5.89. The highest BCUT2D eigenvalue weighted by Gasteiger charge is 2.26. The summed E-state index contributed by atoms with van der Waals surface area (Å²) in [6, 6.07) is 7.34. The number of carboxylic acids is 1.